The van der Waals surface area contributed by atoms with E-state index in [1.54, 1.807) is 6.33 Å². The summed E-state index contributed by atoms with van der Waals surface area (Å²) >= 11 is 12.2. The molecule has 8 heteroatoms. The van der Waals surface area contributed by atoms with Crippen molar-refractivity contribution < 1.29 is 4.43 Å². The van der Waals surface area contributed by atoms with Gasteiger partial charge in [-0.15, -0.1) is 0 Å². The third-order valence-corrected chi connectivity index (χ3v) is 10.9. The highest BCUT2D eigenvalue weighted by Gasteiger charge is 2.50. The molecular formula is C23H24Cl2N4OSi. The molecule has 0 spiro atoms. The Hall–Kier alpha value is -2.25. The molecule has 0 fully saturated rings. The Balaban J connectivity index is 1.71. The van der Waals surface area contributed by atoms with Gasteiger partial charge in [0.2, 0.25) is 5.28 Å². The molecule has 0 aliphatic carbocycles. The molecule has 2 heterocycles. The highest BCUT2D eigenvalue weighted by atomic mass is 35.5. The molecule has 31 heavy (non-hydrogen) atoms. The fourth-order valence-corrected chi connectivity index (χ4v) is 9.08. The van der Waals surface area contributed by atoms with E-state index in [0.29, 0.717) is 24.3 Å². The Morgan fingerprint density at radius 1 is 0.903 bits per heavy atom. The molecule has 0 saturated carbocycles. The predicted octanol–water partition coefficient (Wildman–Crippen LogP) is 4.71. The van der Waals surface area contributed by atoms with Crippen LogP contribution >= 0.6 is 23.2 Å². The van der Waals surface area contributed by atoms with Crippen LogP contribution in [0.4, 0.5) is 0 Å². The number of rotatable bonds is 6. The maximum Gasteiger partial charge on any atom is 0.261 e. The lowest BCUT2D eigenvalue weighted by Gasteiger charge is -2.43. The lowest BCUT2D eigenvalue weighted by atomic mass is 10.2. The van der Waals surface area contributed by atoms with Gasteiger partial charge in [-0.3, -0.25) is 0 Å². The summed E-state index contributed by atoms with van der Waals surface area (Å²) in [7, 11) is -2.59. The Kier molecular flexibility index (Phi) is 6.17. The number of hydrogen-bond acceptors (Lipinski definition) is 4. The molecule has 4 aromatic rings. The molecule has 2 aromatic heterocycles. The summed E-state index contributed by atoms with van der Waals surface area (Å²) in [6, 6.07) is 21.2. The van der Waals surface area contributed by atoms with Crippen molar-refractivity contribution in [2.75, 3.05) is 6.61 Å². The van der Waals surface area contributed by atoms with Gasteiger partial charge in [-0.1, -0.05) is 93.0 Å². The van der Waals surface area contributed by atoms with Gasteiger partial charge in [-0.2, -0.15) is 4.98 Å². The number of benzene rings is 2. The maximum absolute atomic E-state index is 6.93. The number of aromatic nitrogens is 4. The van der Waals surface area contributed by atoms with Crippen molar-refractivity contribution in [3.05, 3.63) is 77.4 Å². The lowest BCUT2D eigenvalue weighted by molar-refractivity contribution is 0.282. The minimum Gasteiger partial charge on any atom is -0.406 e. The van der Waals surface area contributed by atoms with Gasteiger partial charge in [0.05, 0.1) is 12.9 Å². The summed E-state index contributed by atoms with van der Waals surface area (Å²) in [5.41, 5.74) is 1.15. The van der Waals surface area contributed by atoms with Crippen LogP contribution in [0.5, 0.6) is 0 Å². The average molecular weight is 471 g/mol. The first-order valence-electron chi connectivity index (χ1n) is 10.1. The van der Waals surface area contributed by atoms with Gasteiger partial charge in [0, 0.05) is 6.54 Å². The van der Waals surface area contributed by atoms with Gasteiger partial charge >= 0.3 is 0 Å². The van der Waals surface area contributed by atoms with Gasteiger partial charge in [-0.25, -0.2) is 9.97 Å². The van der Waals surface area contributed by atoms with Crippen molar-refractivity contribution in [1.82, 2.24) is 19.5 Å². The van der Waals surface area contributed by atoms with Gasteiger partial charge < -0.3 is 8.99 Å². The number of hydrogen-bond donors (Lipinski definition) is 0. The van der Waals surface area contributed by atoms with E-state index >= 15 is 0 Å². The van der Waals surface area contributed by atoms with Crippen LogP contribution in [-0.4, -0.2) is 34.4 Å². The molecule has 0 saturated heterocycles. The van der Waals surface area contributed by atoms with Gasteiger partial charge in [0.15, 0.2) is 10.8 Å². The number of fused-ring (bicyclic) bond motifs is 1. The van der Waals surface area contributed by atoms with Crippen LogP contribution in [0.3, 0.4) is 0 Å². The van der Waals surface area contributed by atoms with Crippen molar-refractivity contribution >= 4 is 53.1 Å². The Morgan fingerprint density at radius 2 is 1.48 bits per heavy atom. The van der Waals surface area contributed by atoms with E-state index in [1.165, 1.54) is 10.4 Å². The molecule has 0 unspecified atom stereocenters. The summed E-state index contributed by atoms with van der Waals surface area (Å²) < 4.78 is 8.84. The SMILES string of the molecule is CC(C)(C)[Si](OCCn1cnc2c(Cl)nc(Cl)nc21)(c1ccccc1)c1ccccc1. The minimum absolute atomic E-state index is 0.0818. The molecule has 0 amide bonds. The molecule has 0 atom stereocenters. The third kappa shape index (κ3) is 4.13. The second-order valence-corrected chi connectivity index (χ2v) is 13.4. The zero-order valence-electron chi connectivity index (χ0n) is 17.7. The standard InChI is InChI=1S/C23H24Cl2N4OSi/c1-23(2,3)31(17-10-6-4-7-11-17,18-12-8-5-9-13-18)30-15-14-29-16-26-19-20(24)27-22(25)28-21(19)29/h4-13,16H,14-15H2,1-3H3. The van der Waals surface area contributed by atoms with Gasteiger partial charge in [-0.05, 0) is 27.0 Å². The summed E-state index contributed by atoms with van der Waals surface area (Å²) in [6.45, 7) is 7.86. The largest absolute Gasteiger partial charge is 0.406 e. The Bertz CT molecular complexity index is 1140. The second-order valence-electron chi connectivity index (χ2n) is 8.41. The molecule has 0 radical (unpaired) electrons. The first-order valence-corrected chi connectivity index (χ1v) is 12.8. The monoisotopic (exact) mass is 470 g/mol. The van der Waals surface area contributed by atoms with E-state index in [-0.39, 0.29) is 15.5 Å². The zero-order chi connectivity index (χ0) is 22.1. The first-order chi connectivity index (χ1) is 14.8. The van der Waals surface area contributed by atoms with Crippen molar-refractivity contribution in [3.63, 3.8) is 0 Å². The highest BCUT2D eigenvalue weighted by Crippen LogP contribution is 2.36. The van der Waals surface area contributed by atoms with Crippen LogP contribution in [-0.2, 0) is 11.0 Å². The van der Waals surface area contributed by atoms with Crippen molar-refractivity contribution in [2.45, 2.75) is 32.4 Å². The van der Waals surface area contributed by atoms with E-state index in [9.17, 15) is 0 Å². The normalized spacial score (nSPS) is 12.4. The van der Waals surface area contributed by atoms with Crippen molar-refractivity contribution in [1.29, 1.82) is 0 Å². The van der Waals surface area contributed by atoms with Gasteiger partial charge in [0.1, 0.15) is 5.52 Å². The molecule has 0 bridgehead atoms. The summed E-state index contributed by atoms with van der Waals surface area (Å²) in [6.07, 6.45) is 1.70. The number of imidazole rings is 1. The Morgan fingerprint density at radius 3 is 2.03 bits per heavy atom. The molecule has 0 aliphatic heterocycles. The smallest absolute Gasteiger partial charge is 0.261 e. The fraction of sp³-hybridized carbons (Fsp3) is 0.261. The topological polar surface area (TPSA) is 52.8 Å². The number of nitrogens with zero attached hydrogens (tertiary/aromatic N) is 4. The second kappa shape index (κ2) is 8.71. The van der Waals surface area contributed by atoms with Crippen LogP contribution in [0.1, 0.15) is 20.8 Å². The molecule has 5 nitrogen and oxygen atoms in total. The molecule has 4 rings (SSSR count). The molecule has 2 aromatic carbocycles. The van der Waals surface area contributed by atoms with E-state index in [0.717, 1.165) is 0 Å². The van der Waals surface area contributed by atoms with E-state index in [1.807, 2.05) is 16.7 Å². The quantitative estimate of drug-likeness (QED) is 0.232. The third-order valence-electron chi connectivity index (χ3n) is 5.46. The van der Waals surface area contributed by atoms with Crippen molar-refractivity contribution in [3.8, 4) is 0 Å². The molecule has 0 aliphatic rings. The van der Waals surface area contributed by atoms with Crippen LogP contribution < -0.4 is 10.4 Å². The van der Waals surface area contributed by atoms with E-state index in [4.69, 9.17) is 27.6 Å². The first kappa shape index (κ1) is 22.0. The van der Waals surface area contributed by atoms with E-state index in [2.05, 4.69) is 84.3 Å². The molecule has 160 valence electrons. The predicted molar refractivity (Wildman–Crippen MR) is 129 cm³/mol. The van der Waals surface area contributed by atoms with E-state index < -0.39 is 8.32 Å². The Labute approximate surface area is 193 Å². The summed E-state index contributed by atoms with van der Waals surface area (Å²) in [5.74, 6) is 0. The van der Waals surface area contributed by atoms with Crippen LogP contribution in [0, 0.1) is 0 Å². The number of halogens is 2. The lowest BCUT2D eigenvalue weighted by Crippen LogP contribution is -2.66. The summed E-state index contributed by atoms with van der Waals surface area (Å²) in [5, 5.41) is 2.77. The fourth-order valence-electron chi connectivity index (χ4n) is 4.11. The average Bonchev–Trinajstić information content (AvgIpc) is 3.15. The maximum atomic E-state index is 6.93. The zero-order valence-corrected chi connectivity index (χ0v) is 20.2. The molecule has 0 N–H and O–H groups in total. The van der Waals surface area contributed by atoms with Crippen molar-refractivity contribution in [2.24, 2.45) is 0 Å². The van der Waals surface area contributed by atoms with Gasteiger partial charge in [0.25, 0.3) is 8.32 Å². The molecular weight excluding hydrogens is 447 g/mol. The van der Waals surface area contributed by atoms with Crippen LogP contribution in [0.25, 0.3) is 11.2 Å². The van der Waals surface area contributed by atoms with Crippen LogP contribution in [0.15, 0.2) is 67.0 Å². The van der Waals surface area contributed by atoms with Crippen LogP contribution in [0.2, 0.25) is 15.5 Å². The summed E-state index contributed by atoms with van der Waals surface area (Å²) in [4.78, 5) is 12.6. The minimum atomic E-state index is -2.59. The highest BCUT2D eigenvalue weighted by molar-refractivity contribution is 6.99.